The minimum absolute atomic E-state index is 0.177. The van der Waals surface area contributed by atoms with Crippen LogP contribution in [0.5, 0.6) is 17.2 Å². The van der Waals surface area contributed by atoms with Gasteiger partial charge in [0.2, 0.25) is 0 Å². The molecule has 9 heteroatoms. The molecule has 1 aliphatic carbocycles. The molecule has 1 aliphatic heterocycles. The van der Waals surface area contributed by atoms with Gasteiger partial charge in [-0.1, -0.05) is 12.1 Å². The smallest absolute Gasteiger partial charge is 0.319 e. The molecule has 3 N–H and O–H groups in total. The molecule has 1 atom stereocenters. The van der Waals surface area contributed by atoms with Gasteiger partial charge in [-0.3, -0.25) is 4.79 Å². The Labute approximate surface area is 212 Å². The van der Waals surface area contributed by atoms with Gasteiger partial charge in [0, 0.05) is 5.70 Å². The summed E-state index contributed by atoms with van der Waals surface area (Å²) in [6, 6.07) is 9.87. The summed E-state index contributed by atoms with van der Waals surface area (Å²) in [6.45, 7) is 1.71. The Morgan fingerprint density at radius 1 is 1.09 bits per heavy atom. The van der Waals surface area contributed by atoms with E-state index in [2.05, 4.69) is 38.5 Å². The number of para-hydroxylation sites is 2. The van der Waals surface area contributed by atoms with E-state index in [-0.39, 0.29) is 18.0 Å². The van der Waals surface area contributed by atoms with E-state index in [9.17, 15) is 9.59 Å². The third kappa shape index (κ3) is 5.08. The SMILES string of the molecule is COc1ccccc1NC(=O)C1=C(C)NC(=O)N[C@H]1c1cc(I)c(OC2CCCC2)c(OC)c1. The highest BCUT2D eigenvalue weighted by molar-refractivity contribution is 14.1. The first kappa shape index (κ1) is 24.2. The first-order chi connectivity index (χ1) is 16.4. The molecule has 0 radical (unpaired) electrons. The first-order valence-corrected chi connectivity index (χ1v) is 12.3. The van der Waals surface area contributed by atoms with Crippen LogP contribution in [-0.2, 0) is 4.79 Å². The molecule has 0 saturated heterocycles. The Balaban J connectivity index is 1.68. The van der Waals surface area contributed by atoms with Gasteiger partial charge in [-0.25, -0.2) is 4.79 Å². The summed E-state index contributed by atoms with van der Waals surface area (Å²) < 4.78 is 18.1. The lowest BCUT2D eigenvalue weighted by Gasteiger charge is -2.29. The Morgan fingerprint density at radius 3 is 2.50 bits per heavy atom. The zero-order valence-corrected chi connectivity index (χ0v) is 21.5. The normalized spacial score (nSPS) is 18.2. The summed E-state index contributed by atoms with van der Waals surface area (Å²) in [4.78, 5) is 25.8. The maximum atomic E-state index is 13.4. The lowest BCUT2D eigenvalue weighted by molar-refractivity contribution is -0.113. The average molecular weight is 577 g/mol. The third-order valence-electron chi connectivity index (χ3n) is 6.04. The Bertz CT molecular complexity index is 1130. The van der Waals surface area contributed by atoms with E-state index in [1.165, 1.54) is 0 Å². The van der Waals surface area contributed by atoms with Crippen molar-refractivity contribution in [3.8, 4) is 17.2 Å². The molecule has 8 nitrogen and oxygen atoms in total. The highest BCUT2D eigenvalue weighted by atomic mass is 127. The van der Waals surface area contributed by atoms with E-state index >= 15 is 0 Å². The summed E-state index contributed by atoms with van der Waals surface area (Å²) in [6.07, 6.45) is 4.56. The molecule has 34 heavy (non-hydrogen) atoms. The van der Waals surface area contributed by atoms with Gasteiger partial charge in [-0.2, -0.15) is 0 Å². The molecule has 4 rings (SSSR count). The second-order valence-corrected chi connectivity index (χ2v) is 9.45. The fraction of sp³-hybridized carbons (Fsp3) is 0.360. The van der Waals surface area contributed by atoms with Crippen LogP contribution in [0.25, 0.3) is 0 Å². The second-order valence-electron chi connectivity index (χ2n) is 8.28. The number of benzene rings is 2. The van der Waals surface area contributed by atoms with Crippen molar-refractivity contribution >= 4 is 40.2 Å². The van der Waals surface area contributed by atoms with Crippen LogP contribution in [0.3, 0.4) is 0 Å². The predicted octanol–water partition coefficient (Wildman–Crippen LogP) is 4.90. The van der Waals surface area contributed by atoms with Gasteiger partial charge in [0.25, 0.3) is 5.91 Å². The molecule has 2 aliphatic rings. The summed E-state index contributed by atoms with van der Waals surface area (Å²) in [5.74, 6) is 1.46. The van der Waals surface area contributed by atoms with E-state index in [1.54, 1.807) is 33.3 Å². The van der Waals surface area contributed by atoms with Crippen LogP contribution in [0.4, 0.5) is 10.5 Å². The molecule has 180 valence electrons. The molecule has 1 saturated carbocycles. The van der Waals surface area contributed by atoms with Crippen molar-refractivity contribution in [3.05, 3.63) is 56.8 Å². The number of allylic oxidation sites excluding steroid dienone is 1. The number of urea groups is 1. The summed E-state index contributed by atoms with van der Waals surface area (Å²) in [5.41, 5.74) is 2.13. The van der Waals surface area contributed by atoms with Crippen molar-refractivity contribution in [1.29, 1.82) is 0 Å². The Hall–Kier alpha value is -2.95. The molecular weight excluding hydrogens is 549 g/mol. The van der Waals surface area contributed by atoms with E-state index < -0.39 is 6.04 Å². The highest BCUT2D eigenvalue weighted by Gasteiger charge is 2.33. The van der Waals surface area contributed by atoms with Gasteiger partial charge in [-0.15, -0.1) is 0 Å². The largest absolute Gasteiger partial charge is 0.495 e. The van der Waals surface area contributed by atoms with Gasteiger partial charge in [-0.05, 0) is 85.0 Å². The van der Waals surface area contributed by atoms with Gasteiger partial charge in [0.1, 0.15) is 5.75 Å². The van der Waals surface area contributed by atoms with Crippen molar-refractivity contribution in [2.24, 2.45) is 0 Å². The molecule has 0 unspecified atom stereocenters. The van der Waals surface area contributed by atoms with Gasteiger partial charge < -0.3 is 30.2 Å². The number of amides is 3. The number of nitrogens with one attached hydrogen (secondary N) is 3. The zero-order valence-electron chi connectivity index (χ0n) is 19.4. The lowest BCUT2D eigenvalue weighted by Crippen LogP contribution is -2.46. The fourth-order valence-corrected chi connectivity index (χ4v) is 5.13. The van der Waals surface area contributed by atoms with Crippen molar-refractivity contribution in [2.75, 3.05) is 19.5 Å². The standard InChI is InChI=1S/C25H28IN3O5/c1-14-21(24(30)28-18-10-6-7-11-19(18)32-2)22(29-25(31)27-14)15-12-17(26)23(20(13-15)33-3)34-16-8-4-5-9-16/h6-7,10-13,16,22H,4-5,8-9H2,1-3H3,(H,28,30)(H2,27,29,31)/t22-/m0/s1. The topological polar surface area (TPSA) is 97.9 Å². The predicted molar refractivity (Wildman–Crippen MR) is 137 cm³/mol. The molecular formula is C25H28IN3O5. The van der Waals surface area contributed by atoms with Crippen LogP contribution < -0.4 is 30.2 Å². The monoisotopic (exact) mass is 577 g/mol. The number of hydrogen-bond donors (Lipinski definition) is 3. The first-order valence-electron chi connectivity index (χ1n) is 11.2. The van der Waals surface area contributed by atoms with Crippen LogP contribution in [0.1, 0.15) is 44.2 Å². The third-order valence-corrected chi connectivity index (χ3v) is 6.84. The van der Waals surface area contributed by atoms with Crippen LogP contribution in [0, 0.1) is 3.57 Å². The number of carbonyl (C=O) groups is 2. The molecule has 2 aromatic carbocycles. The quantitative estimate of drug-likeness (QED) is 0.407. The van der Waals surface area contributed by atoms with E-state index in [1.807, 2.05) is 24.3 Å². The summed E-state index contributed by atoms with van der Waals surface area (Å²) in [5, 5.41) is 8.49. The van der Waals surface area contributed by atoms with Gasteiger partial charge in [0.15, 0.2) is 11.5 Å². The van der Waals surface area contributed by atoms with Crippen molar-refractivity contribution < 1.29 is 23.8 Å². The van der Waals surface area contributed by atoms with E-state index in [0.717, 1.165) is 34.8 Å². The number of halogens is 1. The van der Waals surface area contributed by atoms with Crippen LogP contribution in [0.15, 0.2) is 47.7 Å². The highest BCUT2D eigenvalue weighted by Crippen LogP contribution is 2.40. The fourth-order valence-electron chi connectivity index (χ4n) is 4.38. The molecule has 1 heterocycles. The van der Waals surface area contributed by atoms with Gasteiger partial charge in [0.05, 0.1) is 41.2 Å². The lowest BCUT2D eigenvalue weighted by atomic mass is 9.94. The van der Waals surface area contributed by atoms with Crippen molar-refractivity contribution in [2.45, 2.75) is 44.8 Å². The number of anilines is 1. The summed E-state index contributed by atoms with van der Waals surface area (Å²) >= 11 is 2.21. The molecule has 2 aromatic rings. The average Bonchev–Trinajstić information content (AvgIpc) is 3.33. The number of ether oxygens (including phenoxy) is 3. The molecule has 1 fully saturated rings. The molecule has 3 amide bonds. The number of rotatable bonds is 7. The zero-order chi connectivity index (χ0) is 24.2. The molecule has 0 aromatic heterocycles. The van der Waals surface area contributed by atoms with Crippen LogP contribution >= 0.6 is 22.6 Å². The Morgan fingerprint density at radius 2 is 1.79 bits per heavy atom. The van der Waals surface area contributed by atoms with Crippen LogP contribution in [0.2, 0.25) is 0 Å². The minimum atomic E-state index is -0.675. The van der Waals surface area contributed by atoms with E-state index in [4.69, 9.17) is 14.2 Å². The number of methoxy groups -OCH3 is 2. The number of hydrogen-bond acceptors (Lipinski definition) is 5. The van der Waals surface area contributed by atoms with Gasteiger partial charge >= 0.3 is 6.03 Å². The maximum Gasteiger partial charge on any atom is 0.319 e. The second kappa shape index (κ2) is 10.5. The summed E-state index contributed by atoms with van der Waals surface area (Å²) in [7, 11) is 3.14. The Kier molecular flexibility index (Phi) is 7.50. The maximum absolute atomic E-state index is 13.4. The van der Waals surface area contributed by atoms with Crippen molar-refractivity contribution in [3.63, 3.8) is 0 Å². The van der Waals surface area contributed by atoms with E-state index in [0.29, 0.717) is 34.2 Å². The number of carbonyl (C=O) groups excluding carboxylic acids is 2. The molecule has 0 spiro atoms. The minimum Gasteiger partial charge on any atom is -0.495 e. The molecule has 0 bridgehead atoms. The van der Waals surface area contributed by atoms with Crippen LogP contribution in [-0.4, -0.2) is 32.3 Å². The van der Waals surface area contributed by atoms with Crippen molar-refractivity contribution in [1.82, 2.24) is 10.6 Å².